The number of thioether (sulfide) groups is 2. The SMILES string of the molecule is CCCCCCCCCCCSC=C(CC(CCN(C)C)C(N)=O)SCCCCCCCCCCC. The molecule has 0 aliphatic rings. The monoisotopic (exact) mass is 542 g/mol. The highest BCUT2D eigenvalue weighted by Crippen LogP contribution is 2.29. The fourth-order valence-electron chi connectivity index (χ4n) is 4.41. The maximum absolute atomic E-state index is 12.1. The lowest BCUT2D eigenvalue weighted by Crippen LogP contribution is -2.27. The number of unbranched alkanes of at least 4 members (excludes halogenated alkanes) is 16. The lowest BCUT2D eigenvalue weighted by molar-refractivity contribution is -0.122. The van der Waals surface area contributed by atoms with Gasteiger partial charge < -0.3 is 10.6 Å². The lowest BCUT2D eigenvalue weighted by atomic mass is 10.0. The average molecular weight is 543 g/mol. The van der Waals surface area contributed by atoms with Crippen molar-refractivity contribution in [2.45, 2.75) is 142 Å². The minimum atomic E-state index is -0.143. The fourth-order valence-corrected chi connectivity index (χ4v) is 6.58. The fraction of sp³-hybridized carbons (Fsp3) is 0.903. The highest BCUT2D eigenvalue weighted by molar-refractivity contribution is 8.06. The van der Waals surface area contributed by atoms with E-state index < -0.39 is 0 Å². The van der Waals surface area contributed by atoms with Crippen LogP contribution in [0.4, 0.5) is 0 Å². The molecule has 3 nitrogen and oxygen atoms in total. The second-order valence-electron chi connectivity index (χ2n) is 10.9. The van der Waals surface area contributed by atoms with Crippen LogP contribution in [0.5, 0.6) is 0 Å². The summed E-state index contributed by atoms with van der Waals surface area (Å²) in [5.41, 5.74) is 5.78. The van der Waals surface area contributed by atoms with E-state index in [1.807, 2.05) is 23.5 Å². The maximum Gasteiger partial charge on any atom is 0.220 e. The number of amides is 1. The zero-order valence-electron chi connectivity index (χ0n) is 24.7. The Morgan fingerprint density at radius 2 is 1.17 bits per heavy atom. The van der Waals surface area contributed by atoms with Crippen molar-refractivity contribution in [2.24, 2.45) is 11.7 Å². The van der Waals surface area contributed by atoms with Crippen LogP contribution in [-0.4, -0.2) is 43.0 Å². The van der Waals surface area contributed by atoms with E-state index in [1.54, 1.807) is 0 Å². The Hall–Kier alpha value is -0.130. The molecule has 0 aliphatic heterocycles. The first-order valence-corrected chi connectivity index (χ1v) is 17.4. The molecule has 0 radical (unpaired) electrons. The number of nitrogens with two attached hydrogens (primary N) is 1. The molecule has 1 unspecified atom stereocenters. The van der Waals surface area contributed by atoms with Crippen molar-refractivity contribution < 1.29 is 4.79 Å². The molecule has 0 aromatic rings. The quantitative estimate of drug-likeness (QED) is 0.0999. The van der Waals surface area contributed by atoms with Crippen molar-refractivity contribution in [2.75, 3.05) is 32.1 Å². The van der Waals surface area contributed by atoms with E-state index in [1.165, 1.54) is 132 Å². The Bertz CT molecular complexity index is 511. The van der Waals surface area contributed by atoms with E-state index in [2.05, 4.69) is 38.3 Å². The van der Waals surface area contributed by atoms with Gasteiger partial charge in [0.2, 0.25) is 5.91 Å². The standard InChI is InChI=1S/C31H62N2OS2/c1-5-7-9-11-13-15-17-19-21-25-35-28-30(27-29(31(32)34)23-24-33(3)4)36-26-22-20-18-16-14-12-10-8-6-2/h28-29H,5-27H2,1-4H3,(H2,32,34). The number of hydrogen-bond acceptors (Lipinski definition) is 4. The van der Waals surface area contributed by atoms with Crippen molar-refractivity contribution in [1.29, 1.82) is 0 Å². The molecule has 0 heterocycles. The highest BCUT2D eigenvalue weighted by atomic mass is 32.2. The zero-order valence-corrected chi connectivity index (χ0v) is 26.3. The van der Waals surface area contributed by atoms with Gasteiger partial charge in [-0.25, -0.2) is 0 Å². The molecule has 0 aromatic heterocycles. The van der Waals surface area contributed by atoms with E-state index in [4.69, 9.17) is 5.73 Å². The Kier molecular flexibility index (Phi) is 27.8. The second-order valence-corrected chi connectivity index (χ2v) is 13.1. The third-order valence-electron chi connectivity index (χ3n) is 6.89. The van der Waals surface area contributed by atoms with Gasteiger partial charge in [-0.2, -0.15) is 0 Å². The Morgan fingerprint density at radius 3 is 1.61 bits per heavy atom. The van der Waals surface area contributed by atoms with Crippen LogP contribution in [-0.2, 0) is 4.79 Å². The zero-order chi connectivity index (χ0) is 26.7. The van der Waals surface area contributed by atoms with Gasteiger partial charge in [-0.3, -0.25) is 4.79 Å². The second kappa shape index (κ2) is 27.9. The van der Waals surface area contributed by atoms with Gasteiger partial charge in [0.05, 0.1) is 0 Å². The highest BCUT2D eigenvalue weighted by Gasteiger charge is 2.18. The molecule has 1 atom stereocenters. The number of hydrogen-bond donors (Lipinski definition) is 1. The summed E-state index contributed by atoms with van der Waals surface area (Å²) in [6.07, 6.45) is 26.4. The predicted octanol–water partition coefficient (Wildman–Crippen LogP) is 9.80. The van der Waals surface area contributed by atoms with Crippen molar-refractivity contribution in [3.8, 4) is 0 Å². The molecule has 2 N–H and O–H groups in total. The van der Waals surface area contributed by atoms with Gasteiger partial charge in [0.15, 0.2) is 0 Å². The maximum atomic E-state index is 12.1. The first-order valence-electron chi connectivity index (χ1n) is 15.4. The Morgan fingerprint density at radius 1 is 0.722 bits per heavy atom. The molecule has 0 bridgehead atoms. The summed E-state index contributed by atoms with van der Waals surface area (Å²) in [6, 6.07) is 0. The van der Waals surface area contributed by atoms with Gasteiger partial charge in [-0.1, -0.05) is 117 Å². The largest absolute Gasteiger partial charge is 0.369 e. The third kappa shape index (κ3) is 25.5. The molecule has 214 valence electrons. The van der Waals surface area contributed by atoms with Crippen LogP contribution >= 0.6 is 23.5 Å². The van der Waals surface area contributed by atoms with Crippen molar-refractivity contribution in [1.82, 2.24) is 4.90 Å². The van der Waals surface area contributed by atoms with Gasteiger partial charge >= 0.3 is 0 Å². The minimum absolute atomic E-state index is 0.0532. The Labute approximate surface area is 235 Å². The summed E-state index contributed by atoms with van der Waals surface area (Å²) < 4.78 is 0. The van der Waals surface area contributed by atoms with Crippen LogP contribution in [0.2, 0.25) is 0 Å². The van der Waals surface area contributed by atoms with Gasteiger partial charge in [-0.05, 0) is 68.1 Å². The van der Waals surface area contributed by atoms with E-state index in [9.17, 15) is 4.79 Å². The van der Waals surface area contributed by atoms with E-state index in [0.29, 0.717) is 0 Å². The summed E-state index contributed by atoms with van der Waals surface area (Å²) >= 11 is 3.93. The number of carbonyl (C=O) groups excluding carboxylic acids is 1. The average Bonchev–Trinajstić information content (AvgIpc) is 2.85. The number of rotatable bonds is 28. The van der Waals surface area contributed by atoms with Crippen LogP contribution in [0.1, 0.15) is 142 Å². The molecule has 0 aromatic carbocycles. The number of primary amides is 1. The summed E-state index contributed by atoms with van der Waals surface area (Å²) in [5.74, 6) is 2.16. The Balaban J connectivity index is 4.31. The van der Waals surface area contributed by atoms with E-state index >= 15 is 0 Å². The van der Waals surface area contributed by atoms with Crippen LogP contribution in [0, 0.1) is 5.92 Å². The molecule has 5 heteroatoms. The van der Waals surface area contributed by atoms with Crippen LogP contribution in [0.15, 0.2) is 10.3 Å². The normalized spacial score (nSPS) is 13.0. The first kappa shape index (κ1) is 35.9. The van der Waals surface area contributed by atoms with Crippen LogP contribution in [0.3, 0.4) is 0 Å². The molecule has 0 rings (SSSR count). The number of allylic oxidation sites excluding steroid dienone is 1. The van der Waals surface area contributed by atoms with E-state index in [0.717, 1.165) is 19.4 Å². The summed E-state index contributed by atoms with van der Waals surface area (Å²) in [4.78, 5) is 15.6. The first-order chi connectivity index (χ1) is 17.5. The smallest absolute Gasteiger partial charge is 0.220 e. The van der Waals surface area contributed by atoms with Crippen LogP contribution < -0.4 is 5.73 Å². The summed E-state index contributed by atoms with van der Waals surface area (Å²) in [6.45, 7) is 5.48. The third-order valence-corrected chi connectivity index (χ3v) is 9.16. The summed E-state index contributed by atoms with van der Waals surface area (Å²) in [5, 5.41) is 2.36. The van der Waals surface area contributed by atoms with Crippen molar-refractivity contribution >= 4 is 29.4 Å². The molecule has 0 saturated carbocycles. The lowest BCUT2D eigenvalue weighted by Gasteiger charge is -2.18. The topological polar surface area (TPSA) is 46.3 Å². The van der Waals surface area contributed by atoms with Crippen molar-refractivity contribution in [3.05, 3.63) is 10.3 Å². The molecular formula is C31H62N2OS2. The van der Waals surface area contributed by atoms with Gasteiger partial charge in [0.1, 0.15) is 0 Å². The van der Waals surface area contributed by atoms with Gasteiger partial charge in [0.25, 0.3) is 0 Å². The summed E-state index contributed by atoms with van der Waals surface area (Å²) in [7, 11) is 4.13. The van der Waals surface area contributed by atoms with Gasteiger partial charge in [0, 0.05) is 5.92 Å². The molecule has 1 amide bonds. The number of carbonyl (C=O) groups is 1. The van der Waals surface area contributed by atoms with Crippen LogP contribution in [0.25, 0.3) is 0 Å². The minimum Gasteiger partial charge on any atom is -0.369 e. The number of nitrogens with zero attached hydrogens (tertiary/aromatic N) is 1. The molecule has 0 saturated heterocycles. The molecule has 0 spiro atoms. The van der Waals surface area contributed by atoms with Crippen molar-refractivity contribution in [3.63, 3.8) is 0 Å². The van der Waals surface area contributed by atoms with E-state index in [-0.39, 0.29) is 11.8 Å². The van der Waals surface area contributed by atoms with Gasteiger partial charge in [-0.15, -0.1) is 23.5 Å². The molecule has 0 fully saturated rings. The predicted molar refractivity (Wildman–Crippen MR) is 168 cm³/mol. The molecular weight excluding hydrogens is 480 g/mol. The molecule has 36 heavy (non-hydrogen) atoms. The molecule has 0 aliphatic carbocycles.